The van der Waals surface area contributed by atoms with Crippen LogP contribution in [0.15, 0.2) is 52.1 Å². The number of hydrogen-bond donors (Lipinski definition) is 0. The minimum Gasteiger partial charge on any atom is -0.339 e. The molecule has 2 amide bonds. The van der Waals surface area contributed by atoms with Crippen molar-refractivity contribution in [1.29, 1.82) is 0 Å². The molecule has 0 bridgehead atoms. The second-order valence-electron chi connectivity index (χ2n) is 7.87. The molecule has 4 rings (SSSR count). The average Bonchev–Trinajstić information content (AvgIpc) is 2.78. The summed E-state index contributed by atoms with van der Waals surface area (Å²) in [6.45, 7) is 4.55. The zero-order valence-corrected chi connectivity index (χ0v) is 17.9. The van der Waals surface area contributed by atoms with Gasteiger partial charge < -0.3 is 9.80 Å². The standard InChI is InChI=1S/C23H23FN4O4/c1-15-7-8-19-17(13-15)22(31)28(20-6-4-3-5-18(20)24)23(32)27(19)14-21(30)26-11-9-25(10-12-26)16(2)29/h3-8,13H,9-12,14H2,1-2H3. The van der Waals surface area contributed by atoms with E-state index < -0.39 is 17.1 Å². The first-order valence-electron chi connectivity index (χ1n) is 10.3. The predicted octanol–water partition coefficient (Wildman–Crippen LogP) is 1.29. The van der Waals surface area contributed by atoms with Gasteiger partial charge in [0.1, 0.15) is 12.4 Å². The van der Waals surface area contributed by atoms with E-state index in [9.17, 15) is 23.6 Å². The third-order valence-electron chi connectivity index (χ3n) is 5.76. The van der Waals surface area contributed by atoms with Crippen LogP contribution in [-0.4, -0.2) is 56.9 Å². The fourth-order valence-electron chi connectivity index (χ4n) is 3.99. The van der Waals surface area contributed by atoms with Gasteiger partial charge in [0, 0.05) is 33.1 Å². The van der Waals surface area contributed by atoms with Crippen LogP contribution in [-0.2, 0) is 16.1 Å². The van der Waals surface area contributed by atoms with Gasteiger partial charge in [-0.15, -0.1) is 0 Å². The Bertz CT molecular complexity index is 1340. The normalized spacial score (nSPS) is 14.1. The number of hydrogen-bond acceptors (Lipinski definition) is 4. The lowest BCUT2D eigenvalue weighted by Crippen LogP contribution is -2.51. The first-order valence-corrected chi connectivity index (χ1v) is 10.3. The molecule has 1 fully saturated rings. The van der Waals surface area contributed by atoms with E-state index in [1.807, 2.05) is 0 Å². The Balaban J connectivity index is 1.80. The largest absolute Gasteiger partial charge is 0.339 e. The number of fused-ring (bicyclic) bond motifs is 1. The summed E-state index contributed by atoms with van der Waals surface area (Å²) in [4.78, 5) is 54.3. The van der Waals surface area contributed by atoms with E-state index in [0.29, 0.717) is 31.7 Å². The van der Waals surface area contributed by atoms with Crippen LogP contribution in [0.3, 0.4) is 0 Å². The molecule has 3 aromatic rings. The lowest BCUT2D eigenvalue weighted by atomic mass is 10.1. The van der Waals surface area contributed by atoms with Crippen LogP contribution in [0.1, 0.15) is 12.5 Å². The Morgan fingerprint density at radius 1 is 0.969 bits per heavy atom. The number of carbonyl (C=O) groups excluding carboxylic acids is 2. The molecule has 0 saturated carbocycles. The number of piperazine rings is 1. The van der Waals surface area contributed by atoms with Gasteiger partial charge >= 0.3 is 5.69 Å². The van der Waals surface area contributed by atoms with Gasteiger partial charge in [-0.2, -0.15) is 0 Å². The number of amides is 2. The zero-order chi connectivity index (χ0) is 23.0. The van der Waals surface area contributed by atoms with E-state index >= 15 is 0 Å². The van der Waals surface area contributed by atoms with Crippen molar-refractivity contribution in [2.24, 2.45) is 0 Å². The van der Waals surface area contributed by atoms with Crippen LogP contribution in [0.2, 0.25) is 0 Å². The van der Waals surface area contributed by atoms with Crippen LogP contribution in [0, 0.1) is 12.7 Å². The maximum Gasteiger partial charge on any atom is 0.336 e. The Kier molecular flexibility index (Phi) is 5.65. The van der Waals surface area contributed by atoms with Crippen LogP contribution < -0.4 is 11.2 Å². The van der Waals surface area contributed by atoms with Gasteiger partial charge in [-0.3, -0.25) is 19.0 Å². The molecule has 32 heavy (non-hydrogen) atoms. The molecular formula is C23H23FN4O4. The number of benzene rings is 2. The van der Waals surface area contributed by atoms with Crippen molar-refractivity contribution in [2.75, 3.05) is 26.2 Å². The van der Waals surface area contributed by atoms with Crippen LogP contribution in [0.5, 0.6) is 0 Å². The third-order valence-corrected chi connectivity index (χ3v) is 5.76. The molecule has 1 saturated heterocycles. The molecule has 1 aliphatic rings. The Morgan fingerprint density at radius 3 is 2.28 bits per heavy atom. The topological polar surface area (TPSA) is 84.6 Å². The summed E-state index contributed by atoms with van der Waals surface area (Å²) >= 11 is 0. The third kappa shape index (κ3) is 3.81. The summed E-state index contributed by atoms with van der Waals surface area (Å²) in [5.74, 6) is -1.07. The quantitative estimate of drug-likeness (QED) is 0.617. The van der Waals surface area contributed by atoms with Crippen molar-refractivity contribution in [3.8, 4) is 5.69 Å². The van der Waals surface area contributed by atoms with E-state index in [-0.39, 0.29) is 29.4 Å². The lowest BCUT2D eigenvalue weighted by molar-refractivity contribution is -0.138. The number of aromatic nitrogens is 2. The summed E-state index contributed by atoms with van der Waals surface area (Å²) in [6, 6.07) is 10.5. The maximum atomic E-state index is 14.5. The van der Waals surface area contributed by atoms with Gasteiger partial charge in [0.25, 0.3) is 5.56 Å². The van der Waals surface area contributed by atoms with Crippen molar-refractivity contribution in [1.82, 2.24) is 18.9 Å². The Labute approximate surface area is 183 Å². The molecule has 166 valence electrons. The molecule has 1 aromatic heterocycles. The monoisotopic (exact) mass is 438 g/mol. The Hall–Kier alpha value is -3.75. The van der Waals surface area contributed by atoms with Crippen molar-refractivity contribution in [3.63, 3.8) is 0 Å². The summed E-state index contributed by atoms with van der Waals surface area (Å²) in [5, 5.41) is 0.224. The molecule has 8 nitrogen and oxygen atoms in total. The van der Waals surface area contributed by atoms with Gasteiger partial charge in [0.15, 0.2) is 0 Å². The van der Waals surface area contributed by atoms with Gasteiger partial charge in [0.2, 0.25) is 11.8 Å². The zero-order valence-electron chi connectivity index (χ0n) is 17.9. The van der Waals surface area contributed by atoms with Crippen molar-refractivity contribution >= 4 is 22.7 Å². The SMILES string of the molecule is CC(=O)N1CCN(C(=O)Cn2c(=O)n(-c3ccccc3F)c(=O)c3cc(C)ccc32)CC1. The highest BCUT2D eigenvalue weighted by Crippen LogP contribution is 2.15. The summed E-state index contributed by atoms with van der Waals surface area (Å²) < 4.78 is 16.5. The molecule has 9 heteroatoms. The molecule has 0 N–H and O–H groups in total. The molecule has 1 aliphatic heterocycles. The molecule has 0 radical (unpaired) electrons. The van der Waals surface area contributed by atoms with E-state index in [4.69, 9.17) is 0 Å². The highest BCUT2D eigenvalue weighted by Gasteiger charge is 2.24. The molecule has 2 aromatic carbocycles. The summed E-state index contributed by atoms with van der Waals surface area (Å²) in [6.07, 6.45) is 0. The maximum absolute atomic E-state index is 14.5. The lowest BCUT2D eigenvalue weighted by Gasteiger charge is -2.34. The molecule has 0 atom stereocenters. The molecule has 0 spiro atoms. The molecule has 0 aliphatic carbocycles. The van der Waals surface area contributed by atoms with E-state index in [1.165, 1.54) is 35.8 Å². The fourth-order valence-corrected chi connectivity index (χ4v) is 3.99. The van der Waals surface area contributed by atoms with Crippen LogP contribution >= 0.6 is 0 Å². The van der Waals surface area contributed by atoms with E-state index in [1.54, 1.807) is 34.9 Å². The summed E-state index contributed by atoms with van der Waals surface area (Å²) in [7, 11) is 0. The predicted molar refractivity (Wildman–Crippen MR) is 117 cm³/mol. The molecule has 0 unspecified atom stereocenters. The number of para-hydroxylation sites is 1. The Morgan fingerprint density at radius 2 is 1.62 bits per heavy atom. The van der Waals surface area contributed by atoms with Crippen LogP contribution in [0.4, 0.5) is 4.39 Å². The fraction of sp³-hybridized carbons (Fsp3) is 0.304. The second kappa shape index (κ2) is 8.41. The number of rotatable bonds is 3. The van der Waals surface area contributed by atoms with E-state index in [0.717, 1.165) is 10.1 Å². The highest BCUT2D eigenvalue weighted by atomic mass is 19.1. The van der Waals surface area contributed by atoms with Gasteiger partial charge in [-0.1, -0.05) is 23.8 Å². The van der Waals surface area contributed by atoms with Gasteiger partial charge in [0.05, 0.1) is 16.6 Å². The number of carbonyl (C=O) groups is 2. The van der Waals surface area contributed by atoms with Gasteiger partial charge in [-0.05, 0) is 31.2 Å². The minimum absolute atomic E-state index is 0.0494. The van der Waals surface area contributed by atoms with Crippen molar-refractivity contribution < 1.29 is 14.0 Å². The molecule has 2 heterocycles. The smallest absolute Gasteiger partial charge is 0.336 e. The van der Waals surface area contributed by atoms with Crippen molar-refractivity contribution in [2.45, 2.75) is 20.4 Å². The second-order valence-corrected chi connectivity index (χ2v) is 7.87. The van der Waals surface area contributed by atoms with Gasteiger partial charge in [-0.25, -0.2) is 13.8 Å². The first-order chi connectivity index (χ1) is 15.3. The summed E-state index contributed by atoms with van der Waals surface area (Å²) in [5.41, 5.74) is -0.479. The number of halogens is 1. The average molecular weight is 438 g/mol. The van der Waals surface area contributed by atoms with Crippen molar-refractivity contribution in [3.05, 3.63) is 74.7 Å². The highest BCUT2D eigenvalue weighted by molar-refractivity contribution is 5.83. The van der Waals surface area contributed by atoms with E-state index in [2.05, 4.69) is 0 Å². The van der Waals surface area contributed by atoms with Crippen LogP contribution in [0.25, 0.3) is 16.6 Å². The number of nitrogens with zero attached hydrogens (tertiary/aromatic N) is 4. The first kappa shape index (κ1) is 21.5. The molecular weight excluding hydrogens is 415 g/mol. The minimum atomic E-state index is -0.785. The number of aryl methyl sites for hydroxylation is 1.